The molecule has 1 aromatic carbocycles. The summed E-state index contributed by atoms with van der Waals surface area (Å²) >= 11 is 0. The highest BCUT2D eigenvalue weighted by atomic mass is 16.6. The van der Waals surface area contributed by atoms with E-state index in [2.05, 4.69) is 37.4 Å². The van der Waals surface area contributed by atoms with Crippen LogP contribution in [0.4, 0.5) is 10.5 Å². The number of ether oxygens (including phenoxy) is 1. The van der Waals surface area contributed by atoms with E-state index in [1.807, 2.05) is 0 Å². The van der Waals surface area contributed by atoms with Crippen molar-refractivity contribution in [1.82, 2.24) is 4.90 Å². The van der Waals surface area contributed by atoms with Crippen molar-refractivity contribution < 1.29 is 9.53 Å². The van der Waals surface area contributed by atoms with Crippen molar-refractivity contribution in [3.63, 3.8) is 0 Å². The van der Waals surface area contributed by atoms with Crippen LogP contribution in [0.2, 0.25) is 0 Å². The van der Waals surface area contributed by atoms with Crippen molar-refractivity contribution in [2.75, 3.05) is 25.1 Å². The maximum Gasteiger partial charge on any atom is 0.411 e. The minimum absolute atomic E-state index is 0.232. The summed E-state index contributed by atoms with van der Waals surface area (Å²) in [5.41, 5.74) is 3.61. The van der Waals surface area contributed by atoms with Gasteiger partial charge in [-0.1, -0.05) is 25.1 Å². The van der Waals surface area contributed by atoms with Crippen molar-refractivity contribution in [3.8, 4) is 0 Å². The Labute approximate surface area is 102 Å². The number of hydrogen-bond donors (Lipinski definition) is 1. The molecule has 1 aromatic rings. The van der Waals surface area contributed by atoms with Crippen LogP contribution in [0.1, 0.15) is 18.1 Å². The first kappa shape index (κ1) is 11.8. The highest BCUT2D eigenvalue weighted by Crippen LogP contribution is 2.21. The van der Waals surface area contributed by atoms with E-state index in [1.165, 1.54) is 11.1 Å². The first-order valence-electron chi connectivity index (χ1n) is 5.96. The monoisotopic (exact) mass is 234 g/mol. The minimum atomic E-state index is -0.232. The van der Waals surface area contributed by atoms with Gasteiger partial charge in [0.2, 0.25) is 0 Å². The number of nitrogens with zero attached hydrogens (tertiary/aromatic N) is 1. The molecule has 1 saturated heterocycles. The van der Waals surface area contributed by atoms with Gasteiger partial charge in [0.25, 0.3) is 0 Å². The number of rotatable bonds is 4. The Morgan fingerprint density at radius 3 is 2.94 bits per heavy atom. The van der Waals surface area contributed by atoms with E-state index in [0.29, 0.717) is 19.8 Å². The molecule has 1 heterocycles. The summed E-state index contributed by atoms with van der Waals surface area (Å²) < 4.78 is 4.89. The summed E-state index contributed by atoms with van der Waals surface area (Å²) in [5.74, 6) is 0. The van der Waals surface area contributed by atoms with Gasteiger partial charge in [-0.3, -0.25) is 4.90 Å². The van der Waals surface area contributed by atoms with E-state index >= 15 is 0 Å². The second kappa shape index (κ2) is 5.08. The topological polar surface area (TPSA) is 41.6 Å². The van der Waals surface area contributed by atoms with E-state index in [4.69, 9.17) is 4.74 Å². The van der Waals surface area contributed by atoms with Crippen molar-refractivity contribution >= 4 is 11.8 Å². The molecule has 0 saturated carbocycles. The Bertz CT molecular complexity index is 418. The summed E-state index contributed by atoms with van der Waals surface area (Å²) in [7, 11) is 0. The lowest BCUT2D eigenvalue weighted by molar-refractivity contribution is 0.160. The molecule has 0 spiro atoms. The molecule has 4 nitrogen and oxygen atoms in total. The Morgan fingerprint density at radius 2 is 2.29 bits per heavy atom. The lowest BCUT2D eigenvalue weighted by Crippen LogP contribution is -2.30. The fourth-order valence-corrected chi connectivity index (χ4v) is 2.02. The fourth-order valence-electron chi connectivity index (χ4n) is 2.02. The molecule has 4 heteroatoms. The van der Waals surface area contributed by atoms with Gasteiger partial charge in [-0.25, -0.2) is 4.79 Å². The molecule has 2 rings (SSSR count). The third kappa shape index (κ3) is 2.52. The quantitative estimate of drug-likeness (QED) is 0.869. The first-order chi connectivity index (χ1) is 8.22. The molecule has 0 atom stereocenters. The molecule has 1 aliphatic rings. The van der Waals surface area contributed by atoms with Gasteiger partial charge in [0.05, 0.1) is 13.2 Å². The van der Waals surface area contributed by atoms with Crippen molar-refractivity contribution in [1.29, 1.82) is 0 Å². The van der Waals surface area contributed by atoms with E-state index < -0.39 is 0 Å². The number of anilines is 1. The van der Waals surface area contributed by atoms with Crippen LogP contribution in [0.5, 0.6) is 0 Å². The highest BCUT2D eigenvalue weighted by molar-refractivity contribution is 5.70. The lowest BCUT2D eigenvalue weighted by atomic mass is 10.1. The molecular formula is C13H18N2O2. The minimum Gasteiger partial charge on any atom is -0.447 e. The number of aryl methyl sites for hydroxylation is 2. The number of benzene rings is 1. The number of cyclic esters (lactones) is 1. The Balaban J connectivity index is 2.05. The number of nitrogens with one attached hydrogen (secondary N) is 1. The number of hydrogen-bond acceptors (Lipinski definition) is 3. The number of carbonyl (C=O) groups excluding carboxylic acids is 1. The molecule has 0 aliphatic carbocycles. The second-order valence-corrected chi connectivity index (χ2v) is 4.18. The van der Waals surface area contributed by atoms with Crippen LogP contribution in [0, 0.1) is 6.92 Å². The summed E-state index contributed by atoms with van der Waals surface area (Å²) in [6.07, 6.45) is 0.748. The maximum atomic E-state index is 11.3. The average Bonchev–Trinajstić information content (AvgIpc) is 2.73. The smallest absolute Gasteiger partial charge is 0.411 e. The Morgan fingerprint density at radius 1 is 1.47 bits per heavy atom. The van der Waals surface area contributed by atoms with E-state index in [-0.39, 0.29) is 6.09 Å². The number of amides is 1. The van der Waals surface area contributed by atoms with Gasteiger partial charge >= 0.3 is 6.09 Å². The number of para-hydroxylation sites is 1. The Hall–Kier alpha value is -1.71. The maximum absolute atomic E-state index is 11.3. The van der Waals surface area contributed by atoms with E-state index in [0.717, 1.165) is 12.1 Å². The van der Waals surface area contributed by atoms with Gasteiger partial charge in [-0.05, 0) is 24.5 Å². The normalized spacial score (nSPS) is 14.9. The van der Waals surface area contributed by atoms with Gasteiger partial charge in [0.15, 0.2) is 0 Å². The molecule has 1 amide bonds. The average molecular weight is 234 g/mol. The van der Waals surface area contributed by atoms with Gasteiger partial charge < -0.3 is 10.1 Å². The van der Waals surface area contributed by atoms with Gasteiger partial charge in [0, 0.05) is 5.69 Å². The zero-order valence-corrected chi connectivity index (χ0v) is 10.3. The van der Waals surface area contributed by atoms with Crippen LogP contribution in [0.25, 0.3) is 0 Å². The lowest BCUT2D eigenvalue weighted by Gasteiger charge is -2.18. The molecule has 92 valence electrons. The molecule has 0 radical (unpaired) electrons. The molecule has 0 bridgehead atoms. The van der Waals surface area contributed by atoms with Crippen LogP contribution in [0.3, 0.4) is 0 Å². The van der Waals surface area contributed by atoms with Crippen LogP contribution in [-0.2, 0) is 11.2 Å². The molecular weight excluding hydrogens is 216 g/mol. The standard InChI is InChI=1S/C13H18N2O2/c1-3-11-6-4-5-10(2)12(11)14-9-15-7-8-17-13(15)16/h4-6,14H,3,7-9H2,1-2H3. The molecule has 1 N–H and O–H groups in total. The summed E-state index contributed by atoms with van der Waals surface area (Å²) in [5, 5.41) is 3.33. The first-order valence-corrected chi connectivity index (χ1v) is 5.96. The largest absolute Gasteiger partial charge is 0.447 e. The van der Waals surface area contributed by atoms with Crippen molar-refractivity contribution in [3.05, 3.63) is 29.3 Å². The van der Waals surface area contributed by atoms with E-state index in [9.17, 15) is 4.79 Å². The predicted octanol–water partition coefficient (Wildman–Crippen LogP) is 2.38. The summed E-state index contributed by atoms with van der Waals surface area (Å²) in [4.78, 5) is 13.0. The SMILES string of the molecule is CCc1cccc(C)c1NCN1CCOC1=O. The molecule has 0 aromatic heterocycles. The molecule has 0 unspecified atom stereocenters. The zero-order valence-electron chi connectivity index (χ0n) is 10.3. The van der Waals surface area contributed by atoms with Gasteiger partial charge in [-0.2, -0.15) is 0 Å². The highest BCUT2D eigenvalue weighted by Gasteiger charge is 2.21. The third-order valence-corrected chi connectivity index (χ3v) is 3.03. The van der Waals surface area contributed by atoms with Crippen LogP contribution in [0.15, 0.2) is 18.2 Å². The number of carbonyl (C=O) groups is 1. The van der Waals surface area contributed by atoms with Crippen molar-refractivity contribution in [2.45, 2.75) is 20.3 Å². The second-order valence-electron chi connectivity index (χ2n) is 4.18. The van der Waals surface area contributed by atoms with Crippen molar-refractivity contribution in [2.24, 2.45) is 0 Å². The van der Waals surface area contributed by atoms with Gasteiger partial charge in [-0.15, -0.1) is 0 Å². The van der Waals surface area contributed by atoms with Gasteiger partial charge in [0.1, 0.15) is 6.61 Å². The summed E-state index contributed by atoms with van der Waals surface area (Å²) in [6, 6.07) is 6.24. The van der Waals surface area contributed by atoms with Crippen LogP contribution < -0.4 is 5.32 Å². The Kier molecular flexibility index (Phi) is 3.52. The zero-order chi connectivity index (χ0) is 12.3. The molecule has 1 fully saturated rings. The van der Waals surface area contributed by atoms with Crippen LogP contribution in [-0.4, -0.2) is 30.8 Å². The molecule has 1 aliphatic heterocycles. The van der Waals surface area contributed by atoms with Crippen LogP contribution >= 0.6 is 0 Å². The summed E-state index contributed by atoms with van der Waals surface area (Å²) in [6.45, 7) is 5.87. The third-order valence-electron chi connectivity index (χ3n) is 3.03. The van der Waals surface area contributed by atoms with E-state index in [1.54, 1.807) is 4.90 Å². The molecule has 17 heavy (non-hydrogen) atoms. The fraction of sp³-hybridized carbons (Fsp3) is 0.462. The predicted molar refractivity (Wildman–Crippen MR) is 67.1 cm³/mol.